The Balaban J connectivity index is 1.30. The number of hydrogen-bond donors (Lipinski definition) is 0. The molecule has 0 amide bonds. The van der Waals surface area contributed by atoms with Gasteiger partial charge in [0.05, 0.1) is 7.11 Å². The van der Waals surface area contributed by atoms with E-state index in [1.54, 1.807) is 31.4 Å². The van der Waals surface area contributed by atoms with Crippen molar-refractivity contribution >= 4 is 10.9 Å². The van der Waals surface area contributed by atoms with Gasteiger partial charge in [-0.1, -0.05) is 31.5 Å². The van der Waals surface area contributed by atoms with Gasteiger partial charge < -0.3 is 14.0 Å². The second-order valence-electron chi connectivity index (χ2n) is 10.5. The summed E-state index contributed by atoms with van der Waals surface area (Å²) in [5.41, 5.74) is 4.76. The quantitative estimate of drug-likeness (QED) is 0.185. The Bertz CT molecular complexity index is 1460. The van der Waals surface area contributed by atoms with Gasteiger partial charge in [-0.3, -0.25) is 9.80 Å². The molecule has 9 heteroatoms. The summed E-state index contributed by atoms with van der Waals surface area (Å²) in [5.74, 6) is 0.208. The molecule has 41 heavy (non-hydrogen) atoms. The summed E-state index contributed by atoms with van der Waals surface area (Å²) >= 11 is 0. The van der Waals surface area contributed by atoms with Crippen LogP contribution in [0.15, 0.2) is 66.9 Å². The van der Waals surface area contributed by atoms with Gasteiger partial charge in [0.25, 0.3) is 0 Å². The summed E-state index contributed by atoms with van der Waals surface area (Å²) in [7, 11) is 1.58. The molecule has 1 aromatic heterocycles. The number of piperazine rings is 1. The lowest BCUT2D eigenvalue weighted by molar-refractivity contribution is -0.274. The second-order valence-corrected chi connectivity index (χ2v) is 10.5. The summed E-state index contributed by atoms with van der Waals surface area (Å²) < 4.78 is 63.8. The van der Waals surface area contributed by atoms with Crippen molar-refractivity contribution in [1.82, 2.24) is 14.4 Å². The van der Waals surface area contributed by atoms with Gasteiger partial charge in [-0.2, -0.15) is 0 Å². The lowest BCUT2D eigenvalue weighted by Gasteiger charge is -2.34. The number of alkyl halides is 3. The van der Waals surface area contributed by atoms with Gasteiger partial charge in [-0.15, -0.1) is 13.2 Å². The number of aryl methyl sites for hydroxylation is 1. The van der Waals surface area contributed by atoms with E-state index in [2.05, 4.69) is 50.4 Å². The zero-order valence-electron chi connectivity index (χ0n) is 23.4. The number of hydrogen-bond acceptors (Lipinski definition) is 4. The van der Waals surface area contributed by atoms with E-state index in [1.807, 2.05) is 0 Å². The van der Waals surface area contributed by atoms with E-state index in [9.17, 15) is 17.6 Å². The van der Waals surface area contributed by atoms with E-state index in [4.69, 9.17) is 4.74 Å². The first-order chi connectivity index (χ1) is 19.7. The van der Waals surface area contributed by atoms with Crippen LogP contribution in [0.1, 0.15) is 30.9 Å². The van der Waals surface area contributed by atoms with Gasteiger partial charge in [-0.25, -0.2) is 4.39 Å². The fraction of sp³-hybridized carbons (Fsp3) is 0.375. The molecule has 0 spiro atoms. The Morgan fingerprint density at radius 2 is 1.51 bits per heavy atom. The van der Waals surface area contributed by atoms with Crippen molar-refractivity contribution in [3.63, 3.8) is 0 Å². The first-order valence-electron chi connectivity index (χ1n) is 14.0. The van der Waals surface area contributed by atoms with Crippen LogP contribution in [0.4, 0.5) is 17.6 Å². The number of methoxy groups -OCH3 is 1. The Morgan fingerprint density at radius 3 is 2.17 bits per heavy atom. The lowest BCUT2D eigenvalue weighted by atomic mass is 10.0. The van der Waals surface area contributed by atoms with E-state index >= 15 is 0 Å². The molecule has 218 valence electrons. The SMILES string of the molecule is CCCCn1cc(-c2ccc(OC(F)(F)F)cc2)c2cc(CN3CCN(Cc4cc(OC)ccc4F)CC3)ccc21. The van der Waals surface area contributed by atoms with E-state index in [1.165, 1.54) is 23.8 Å². The number of benzene rings is 3. The fourth-order valence-electron chi connectivity index (χ4n) is 5.43. The van der Waals surface area contributed by atoms with E-state index < -0.39 is 6.36 Å². The molecule has 0 N–H and O–H groups in total. The molecule has 1 aliphatic heterocycles. The molecule has 0 atom stereocenters. The van der Waals surface area contributed by atoms with Crippen LogP contribution in [0.25, 0.3) is 22.0 Å². The highest BCUT2D eigenvalue weighted by atomic mass is 19.4. The Hall–Kier alpha value is -3.56. The molecule has 5 rings (SSSR count). The molecule has 0 unspecified atom stereocenters. The van der Waals surface area contributed by atoms with Gasteiger partial charge in [0.1, 0.15) is 17.3 Å². The highest BCUT2D eigenvalue weighted by Crippen LogP contribution is 2.34. The van der Waals surface area contributed by atoms with E-state index in [-0.39, 0.29) is 11.6 Å². The number of ether oxygens (including phenoxy) is 2. The molecule has 5 nitrogen and oxygen atoms in total. The second kappa shape index (κ2) is 12.5. The van der Waals surface area contributed by atoms with Crippen LogP contribution < -0.4 is 9.47 Å². The van der Waals surface area contributed by atoms with Crippen LogP contribution in [0.2, 0.25) is 0 Å². The molecule has 0 radical (unpaired) electrons. The molecular formula is C32H35F4N3O2. The van der Waals surface area contributed by atoms with Gasteiger partial charge in [0.15, 0.2) is 0 Å². The minimum absolute atomic E-state index is 0.217. The van der Waals surface area contributed by atoms with Crippen molar-refractivity contribution in [3.8, 4) is 22.6 Å². The average molecular weight is 570 g/mol. The highest BCUT2D eigenvalue weighted by molar-refractivity contribution is 5.96. The standard InChI is InChI=1S/C32H35F4N3O2/c1-3-4-13-39-22-29(24-6-8-26(9-7-24)41-32(34,35)36)28-18-23(5-12-31(28)39)20-37-14-16-38(17-15-37)21-25-19-27(40-2)10-11-30(25)33/h5-12,18-19,22H,3-4,13-17,20-21H2,1-2H3. The monoisotopic (exact) mass is 569 g/mol. The van der Waals surface area contributed by atoms with Crippen LogP contribution >= 0.6 is 0 Å². The van der Waals surface area contributed by atoms with Crippen molar-refractivity contribution in [1.29, 1.82) is 0 Å². The molecule has 4 aromatic rings. The van der Waals surface area contributed by atoms with E-state index in [0.29, 0.717) is 17.9 Å². The maximum Gasteiger partial charge on any atom is 0.573 e. The highest BCUT2D eigenvalue weighted by Gasteiger charge is 2.31. The lowest BCUT2D eigenvalue weighted by Crippen LogP contribution is -2.45. The largest absolute Gasteiger partial charge is 0.573 e. The minimum Gasteiger partial charge on any atom is -0.497 e. The molecule has 2 heterocycles. The van der Waals surface area contributed by atoms with Crippen LogP contribution in [0, 0.1) is 5.82 Å². The predicted molar refractivity (Wildman–Crippen MR) is 152 cm³/mol. The van der Waals surface area contributed by atoms with Crippen molar-refractivity contribution < 1.29 is 27.0 Å². The smallest absolute Gasteiger partial charge is 0.497 e. The van der Waals surface area contributed by atoms with Crippen molar-refractivity contribution in [2.75, 3.05) is 33.3 Å². The Kier molecular flexibility index (Phi) is 8.85. The normalized spacial score (nSPS) is 15.0. The van der Waals surface area contributed by atoms with Gasteiger partial charge in [0.2, 0.25) is 0 Å². The summed E-state index contributed by atoms with van der Waals surface area (Å²) in [6.07, 6.45) is -0.524. The van der Waals surface area contributed by atoms with Gasteiger partial charge >= 0.3 is 6.36 Å². The third-order valence-corrected chi connectivity index (χ3v) is 7.61. The van der Waals surface area contributed by atoms with Gasteiger partial charge in [0, 0.05) is 74.0 Å². The van der Waals surface area contributed by atoms with Gasteiger partial charge in [-0.05, 0) is 60.0 Å². The van der Waals surface area contributed by atoms with Crippen LogP contribution in [-0.2, 0) is 19.6 Å². The first-order valence-corrected chi connectivity index (χ1v) is 14.0. The molecule has 1 fully saturated rings. The van der Waals surface area contributed by atoms with E-state index in [0.717, 1.165) is 74.1 Å². The van der Waals surface area contributed by atoms with Crippen LogP contribution in [-0.4, -0.2) is 54.0 Å². The predicted octanol–water partition coefficient (Wildman–Crippen LogP) is 7.47. The number of rotatable bonds is 10. The third-order valence-electron chi connectivity index (χ3n) is 7.61. The average Bonchev–Trinajstić information content (AvgIpc) is 3.31. The number of fused-ring (bicyclic) bond motifs is 1. The zero-order valence-corrected chi connectivity index (χ0v) is 23.4. The maximum absolute atomic E-state index is 14.3. The summed E-state index contributed by atoms with van der Waals surface area (Å²) in [6, 6.07) is 17.4. The molecular weight excluding hydrogens is 534 g/mol. The van der Waals surface area contributed by atoms with Crippen LogP contribution in [0.5, 0.6) is 11.5 Å². The van der Waals surface area contributed by atoms with Crippen molar-refractivity contribution in [2.45, 2.75) is 45.8 Å². The number of unbranched alkanes of at least 4 members (excludes halogenated alkanes) is 1. The minimum atomic E-state index is -4.72. The topological polar surface area (TPSA) is 29.9 Å². The Morgan fingerprint density at radius 1 is 0.829 bits per heavy atom. The number of nitrogens with zero attached hydrogens (tertiary/aromatic N) is 3. The summed E-state index contributed by atoms with van der Waals surface area (Å²) in [6.45, 7) is 7.77. The summed E-state index contributed by atoms with van der Waals surface area (Å²) in [5, 5.41) is 1.08. The molecule has 1 saturated heterocycles. The molecule has 0 bridgehead atoms. The molecule has 0 saturated carbocycles. The van der Waals surface area contributed by atoms with Crippen LogP contribution in [0.3, 0.4) is 0 Å². The molecule has 1 aliphatic rings. The molecule has 3 aromatic carbocycles. The third kappa shape index (κ3) is 7.21. The number of aromatic nitrogens is 1. The van der Waals surface area contributed by atoms with Crippen molar-refractivity contribution in [2.24, 2.45) is 0 Å². The number of halogens is 4. The zero-order chi connectivity index (χ0) is 29.0. The Labute approximate surface area is 237 Å². The fourth-order valence-corrected chi connectivity index (χ4v) is 5.43. The summed E-state index contributed by atoms with van der Waals surface area (Å²) in [4.78, 5) is 4.66. The first kappa shape index (κ1) is 29.0. The maximum atomic E-state index is 14.3. The van der Waals surface area contributed by atoms with Crippen molar-refractivity contribution in [3.05, 3.63) is 83.8 Å². The molecule has 0 aliphatic carbocycles.